The Bertz CT molecular complexity index is 630. The number of anilines is 2. The van der Waals surface area contributed by atoms with E-state index in [0.717, 1.165) is 21.1 Å². The van der Waals surface area contributed by atoms with Gasteiger partial charge in [-0.15, -0.1) is 0 Å². The van der Waals surface area contributed by atoms with Gasteiger partial charge in [-0.25, -0.2) is 4.98 Å². The van der Waals surface area contributed by atoms with E-state index in [2.05, 4.69) is 16.4 Å². The zero-order chi connectivity index (χ0) is 11.7. The highest BCUT2D eigenvalue weighted by Crippen LogP contribution is 2.27. The lowest BCUT2D eigenvalue weighted by Gasteiger charge is -1.97. The molecule has 1 radical (unpaired) electrons. The van der Waals surface area contributed by atoms with Gasteiger partial charge in [-0.3, -0.25) is 0 Å². The summed E-state index contributed by atoms with van der Waals surface area (Å²) in [7, 11) is 0. The zero-order valence-electron chi connectivity index (χ0n) is 8.93. The Morgan fingerprint density at radius 2 is 2.47 bits per heavy atom. The molecule has 0 saturated heterocycles. The minimum atomic E-state index is 0.627. The summed E-state index contributed by atoms with van der Waals surface area (Å²) >= 11 is 1.56. The van der Waals surface area contributed by atoms with Gasteiger partial charge in [0.25, 0.3) is 0 Å². The van der Waals surface area contributed by atoms with Gasteiger partial charge in [0.2, 0.25) is 0 Å². The van der Waals surface area contributed by atoms with Gasteiger partial charge in [-0.05, 0) is 24.3 Å². The molecular weight excluding hydrogens is 234 g/mol. The van der Waals surface area contributed by atoms with Crippen molar-refractivity contribution < 1.29 is 4.42 Å². The molecule has 85 valence electrons. The van der Waals surface area contributed by atoms with Crippen molar-refractivity contribution in [2.24, 2.45) is 0 Å². The van der Waals surface area contributed by atoms with Crippen molar-refractivity contribution in [2.75, 3.05) is 11.1 Å². The predicted octanol–water partition coefficient (Wildman–Crippen LogP) is 2.88. The summed E-state index contributed by atoms with van der Waals surface area (Å²) in [5, 5.41) is 4.05. The summed E-state index contributed by atoms with van der Waals surface area (Å²) in [5.41, 5.74) is 7.24. The fourth-order valence-corrected chi connectivity index (χ4v) is 2.42. The van der Waals surface area contributed by atoms with Gasteiger partial charge in [-0.1, -0.05) is 11.3 Å². The summed E-state index contributed by atoms with van der Waals surface area (Å²) in [6.45, 7) is 0.627. The molecule has 0 aliphatic heterocycles. The molecular formula is C12H10N3OS. The van der Waals surface area contributed by atoms with Gasteiger partial charge in [0.1, 0.15) is 5.76 Å². The van der Waals surface area contributed by atoms with Gasteiger partial charge in [0.15, 0.2) is 5.13 Å². The molecule has 3 rings (SSSR count). The van der Waals surface area contributed by atoms with E-state index in [1.807, 2.05) is 18.2 Å². The van der Waals surface area contributed by atoms with E-state index in [4.69, 9.17) is 10.2 Å². The van der Waals surface area contributed by atoms with Crippen LogP contribution in [0.5, 0.6) is 0 Å². The Morgan fingerprint density at radius 3 is 3.29 bits per heavy atom. The summed E-state index contributed by atoms with van der Waals surface area (Å²) in [5.74, 6) is 0.882. The van der Waals surface area contributed by atoms with Crippen LogP contribution in [0.2, 0.25) is 0 Å². The van der Waals surface area contributed by atoms with Crippen molar-refractivity contribution in [1.29, 1.82) is 0 Å². The van der Waals surface area contributed by atoms with E-state index in [1.54, 1.807) is 23.7 Å². The lowest BCUT2D eigenvalue weighted by molar-refractivity contribution is 0.518. The van der Waals surface area contributed by atoms with Gasteiger partial charge >= 0.3 is 0 Å². The number of furan rings is 1. The van der Waals surface area contributed by atoms with Crippen molar-refractivity contribution in [3.63, 3.8) is 0 Å². The molecule has 0 unspecified atom stereocenters. The van der Waals surface area contributed by atoms with Crippen LogP contribution in [0.25, 0.3) is 10.2 Å². The maximum Gasteiger partial charge on any atom is 0.184 e. The lowest BCUT2D eigenvalue weighted by atomic mass is 10.3. The van der Waals surface area contributed by atoms with Gasteiger partial charge in [0, 0.05) is 11.8 Å². The second-order valence-corrected chi connectivity index (χ2v) is 4.63. The van der Waals surface area contributed by atoms with Crippen LogP contribution < -0.4 is 11.1 Å². The number of aromatic nitrogens is 1. The molecule has 0 spiro atoms. The number of nitrogens with one attached hydrogen (secondary N) is 1. The molecule has 3 N–H and O–H groups in total. The van der Waals surface area contributed by atoms with Crippen LogP contribution in [-0.2, 0) is 6.54 Å². The number of hydrogen-bond acceptors (Lipinski definition) is 5. The largest absolute Gasteiger partial charge is 0.467 e. The van der Waals surface area contributed by atoms with Gasteiger partial charge < -0.3 is 15.5 Å². The first-order valence-electron chi connectivity index (χ1n) is 5.15. The third-order valence-corrected chi connectivity index (χ3v) is 3.28. The number of benzene rings is 1. The van der Waals surface area contributed by atoms with Crippen LogP contribution >= 0.6 is 11.3 Å². The monoisotopic (exact) mass is 244 g/mol. The average Bonchev–Trinajstić information content (AvgIpc) is 2.94. The van der Waals surface area contributed by atoms with E-state index in [1.165, 1.54) is 0 Å². The molecule has 2 heterocycles. The smallest absolute Gasteiger partial charge is 0.184 e. The maximum atomic E-state index is 5.70. The van der Waals surface area contributed by atoms with E-state index in [0.29, 0.717) is 12.2 Å². The number of nitrogens with zero attached hydrogens (tertiary/aromatic N) is 1. The van der Waals surface area contributed by atoms with E-state index >= 15 is 0 Å². The molecule has 1 aromatic carbocycles. The molecule has 0 amide bonds. The second kappa shape index (κ2) is 4.10. The van der Waals surface area contributed by atoms with Crippen LogP contribution in [0.3, 0.4) is 0 Å². The summed E-state index contributed by atoms with van der Waals surface area (Å²) in [6, 6.07) is 10.5. The predicted molar refractivity (Wildman–Crippen MR) is 68.9 cm³/mol. The van der Waals surface area contributed by atoms with E-state index < -0.39 is 0 Å². The van der Waals surface area contributed by atoms with Crippen molar-refractivity contribution >= 4 is 32.4 Å². The van der Waals surface area contributed by atoms with Crippen LogP contribution in [0, 0.1) is 6.07 Å². The van der Waals surface area contributed by atoms with Crippen molar-refractivity contribution in [1.82, 2.24) is 4.98 Å². The fraction of sp³-hybridized carbons (Fsp3) is 0.0833. The Kier molecular flexibility index (Phi) is 2.45. The topological polar surface area (TPSA) is 64.1 Å². The first-order chi connectivity index (χ1) is 8.31. The molecule has 17 heavy (non-hydrogen) atoms. The van der Waals surface area contributed by atoms with Crippen LogP contribution in [0.1, 0.15) is 5.76 Å². The van der Waals surface area contributed by atoms with Crippen LogP contribution in [0.4, 0.5) is 10.8 Å². The quantitative estimate of drug-likeness (QED) is 0.695. The van der Waals surface area contributed by atoms with Crippen LogP contribution in [-0.4, -0.2) is 4.98 Å². The summed E-state index contributed by atoms with van der Waals surface area (Å²) < 4.78 is 6.27. The molecule has 5 heteroatoms. The Labute approximate surface area is 102 Å². The number of hydrogen-bond donors (Lipinski definition) is 2. The molecule has 0 aliphatic carbocycles. The highest BCUT2D eigenvalue weighted by molar-refractivity contribution is 7.22. The fourth-order valence-electron chi connectivity index (χ4n) is 1.53. The molecule has 0 bridgehead atoms. The average molecular weight is 244 g/mol. The molecule has 0 saturated carbocycles. The number of nitrogens with two attached hydrogens (primary N) is 1. The van der Waals surface area contributed by atoms with Gasteiger partial charge in [0.05, 0.1) is 23.0 Å². The molecule has 0 fully saturated rings. The third-order valence-electron chi connectivity index (χ3n) is 2.32. The van der Waals surface area contributed by atoms with E-state index in [9.17, 15) is 0 Å². The minimum Gasteiger partial charge on any atom is -0.467 e. The molecule has 2 aromatic heterocycles. The zero-order valence-corrected chi connectivity index (χ0v) is 9.75. The van der Waals surface area contributed by atoms with Crippen molar-refractivity contribution in [3.05, 3.63) is 42.4 Å². The number of thiazole rings is 1. The Morgan fingerprint density at radius 1 is 1.53 bits per heavy atom. The standard InChI is InChI=1S/C12H10N3OS/c13-8-3-4-10-11(6-8)17-12(15-10)14-7-9-2-1-5-16-9/h1-3,5-6H,7,13H2,(H,14,15). The minimum absolute atomic E-state index is 0.627. The normalized spacial score (nSPS) is 10.8. The highest BCUT2D eigenvalue weighted by Gasteiger charge is 2.04. The lowest BCUT2D eigenvalue weighted by Crippen LogP contribution is -1.96. The Hall–Kier alpha value is -2.01. The summed E-state index contributed by atoms with van der Waals surface area (Å²) in [6.07, 6.45) is 1.66. The number of nitrogen functional groups attached to an aromatic ring is 1. The van der Waals surface area contributed by atoms with Crippen LogP contribution in [0.15, 0.2) is 34.9 Å². The van der Waals surface area contributed by atoms with Crippen molar-refractivity contribution in [3.8, 4) is 0 Å². The molecule has 0 atom stereocenters. The van der Waals surface area contributed by atoms with Gasteiger partial charge in [-0.2, -0.15) is 0 Å². The molecule has 4 nitrogen and oxygen atoms in total. The highest BCUT2D eigenvalue weighted by atomic mass is 32.1. The third kappa shape index (κ3) is 2.09. The molecule has 0 aliphatic rings. The second-order valence-electron chi connectivity index (χ2n) is 3.60. The summed E-state index contributed by atoms with van der Waals surface area (Å²) in [4.78, 5) is 4.41. The maximum absolute atomic E-state index is 5.70. The number of fused-ring (bicyclic) bond motifs is 1. The van der Waals surface area contributed by atoms with Crippen molar-refractivity contribution in [2.45, 2.75) is 6.54 Å². The van der Waals surface area contributed by atoms with E-state index in [-0.39, 0.29) is 0 Å². The first kappa shape index (κ1) is 10.2. The molecule has 3 aromatic rings. The first-order valence-corrected chi connectivity index (χ1v) is 5.97. The number of rotatable bonds is 3. The Balaban J connectivity index is 1.81. The SMILES string of the molecule is Nc1c[c]c2nc(NCc3ccco3)sc2c1.